The molecule has 0 saturated carbocycles. The molecule has 0 aliphatic heterocycles. The van der Waals surface area contributed by atoms with Gasteiger partial charge < -0.3 is 9.47 Å². The number of hydrogen-bond donors (Lipinski definition) is 1. The normalized spacial score (nSPS) is 11.7. The van der Waals surface area contributed by atoms with Crippen molar-refractivity contribution in [2.45, 2.75) is 19.2 Å². The van der Waals surface area contributed by atoms with Crippen LogP contribution in [0.2, 0.25) is 0 Å². The van der Waals surface area contributed by atoms with Crippen molar-refractivity contribution in [2.24, 2.45) is 5.10 Å². The number of ether oxygens (including phenoxy) is 2. The average molecular weight is 499 g/mol. The Kier molecular flexibility index (Phi) is 7.31. The number of H-pyrrole nitrogens is 1. The molecule has 0 unspecified atom stereocenters. The molecule has 10 heteroatoms. The molecule has 0 aliphatic rings. The molecule has 1 aromatic heterocycles. The lowest BCUT2D eigenvalue weighted by molar-refractivity contribution is -0.147. The number of rotatable bonds is 8. The van der Waals surface area contributed by atoms with Gasteiger partial charge in [-0.05, 0) is 53.2 Å². The number of methoxy groups -OCH3 is 1. The largest absolute Gasteiger partial charge is 0.496 e. The summed E-state index contributed by atoms with van der Waals surface area (Å²) in [5.74, 6) is 0.0847. The summed E-state index contributed by atoms with van der Waals surface area (Å²) >= 11 is 4.87. The van der Waals surface area contributed by atoms with E-state index in [1.807, 2.05) is 42.5 Å². The molecule has 4 aromatic rings. The zero-order valence-corrected chi connectivity index (χ0v) is 19.4. The van der Waals surface area contributed by atoms with Crippen LogP contribution in [0.25, 0.3) is 0 Å². The van der Waals surface area contributed by atoms with Crippen molar-refractivity contribution >= 4 is 18.4 Å². The molecular weight excluding hydrogens is 477 g/mol. The SMILES string of the molecule is COc1ccc(/C=N\n2c(C(F)(F)F)n[nH]c2=S)cc1COc1ccccc1Cc1ccccc1. The number of alkyl halides is 3. The Balaban J connectivity index is 1.55. The molecule has 1 N–H and O–H groups in total. The molecule has 0 aliphatic carbocycles. The lowest BCUT2D eigenvalue weighted by Gasteiger charge is -2.14. The Bertz CT molecular complexity index is 1380. The van der Waals surface area contributed by atoms with Crippen molar-refractivity contribution in [3.8, 4) is 11.5 Å². The van der Waals surface area contributed by atoms with Crippen molar-refractivity contribution in [2.75, 3.05) is 7.11 Å². The molecule has 180 valence electrons. The van der Waals surface area contributed by atoms with E-state index in [0.29, 0.717) is 28.0 Å². The quantitative estimate of drug-likeness (QED) is 0.238. The minimum atomic E-state index is -4.70. The number of para-hydroxylation sites is 1. The van der Waals surface area contributed by atoms with Gasteiger partial charge in [0.2, 0.25) is 4.77 Å². The maximum absolute atomic E-state index is 13.1. The number of aromatic nitrogens is 3. The lowest BCUT2D eigenvalue weighted by Crippen LogP contribution is -2.12. The number of aromatic amines is 1. The summed E-state index contributed by atoms with van der Waals surface area (Å²) < 4.78 is 51.2. The summed E-state index contributed by atoms with van der Waals surface area (Å²) in [6.07, 6.45) is -2.71. The van der Waals surface area contributed by atoms with Gasteiger partial charge in [0.05, 0.1) is 13.3 Å². The number of nitrogens with one attached hydrogen (secondary N) is 1. The third-order valence-electron chi connectivity index (χ3n) is 5.12. The van der Waals surface area contributed by atoms with Gasteiger partial charge in [0.25, 0.3) is 5.82 Å². The summed E-state index contributed by atoms with van der Waals surface area (Å²) in [5, 5.41) is 9.20. The minimum Gasteiger partial charge on any atom is -0.496 e. The third kappa shape index (κ3) is 5.96. The van der Waals surface area contributed by atoms with Gasteiger partial charge in [-0.3, -0.25) is 0 Å². The van der Waals surface area contributed by atoms with E-state index in [4.69, 9.17) is 21.7 Å². The highest BCUT2D eigenvalue weighted by Crippen LogP contribution is 2.28. The molecule has 4 rings (SSSR count). The highest BCUT2D eigenvalue weighted by molar-refractivity contribution is 7.71. The monoisotopic (exact) mass is 498 g/mol. The summed E-state index contributed by atoms with van der Waals surface area (Å²) in [6, 6.07) is 22.9. The second-order valence-electron chi connectivity index (χ2n) is 7.54. The number of nitrogens with zero attached hydrogens (tertiary/aromatic N) is 3. The van der Waals surface area contributed by atoms with Crippen LogP contribution in [-0.4, -0.2) is 28.2 Å². The fourth-order valence-electron chi connectivity index (χ4n) is 3.46. The first-order valence-corrected chi connectivity index (χ1v) is 11.0. The van der Waals surface area contributed by atoms with Crippen molar-refractivity contribution in [1.29, 1.82) is 0 Å². The van der Waals surface area contributed by atoms with Crippen molar-refractivity contribution in [1.82, 2.24) is 14.9 Å². The fourth-order valence-corrected chi connectivity index (χ4v) is 3.64. The molecule has 0 bridgehead atoms. The molecule has 3 aromatic carbocycles. The molecule has 6 nitrogen and oxygen atoms in total. The molecule has 0 fully saturated rings. The molecular formula is C25H21F3N4O2S. The molecule has 1 heterocycles. The zero-order valence-electron chi connectivity index (χ0n) is 18.6. The van der Waals surface area contributed by atoms with Gasteiger partial charge in [0.1, 0.15) is 18.1 Å². The second-order valence-corrected chi connectivity index (χ2v) is 7.92. The van der Waals surface area contributed by atoms with Gasteiger partial charge in [-0.25, -0.2) is 5.10 Å². The van der Waals surface area contributed by atoms with E-state index >= 15 is 0 Å². The number of benzene rings is 3. The van der Waals surface area contributed by atoms with E-state index in [0.717, 1.165) is 16.9 Å². The Morgan fingerprint density at radius 1 is 1.00 bits per heavy atom. The smallest absolute Gasteiger partial charge is 0.453 e. The Hall–Kier alpha value is -3.92. The molecule has 0 spiro atoms. The summed E-state index contributed by atoms with van der Waals surface area (Å²) in [5.41, 5.74) is 3.44. The van der Waals surface area contributed by atoms with E-state index in [-0.39, 0.29) is 11.4 Å². The predicted molar refractivity (Wildman–Crippen MR) is 128 cm³/mol. The Labute approximate surface area is 204 Å². The lowest BCUT2D eigenvalue weighted by atomic mass is 10.0. The van der Waals surface area contributed by atoms with Gasteiger partial charge in [-0.15, -0.1) is 5.10 Å². The Morgan fingerprint density at radius 2 is 1.74 bits per heavy atom. The average Bonchev–Trinajstić information content (AvgIpc) is 3.23. The molecule has 0 amide bonds. The van der Waals surface area contributed by atoms with E-state index in [1.165, 1.54) is 13.3 Å². The highest BCUT2D eigenvalue weighted by atomic mass is 32.1. The topological polar surface area (TPSA) is 64.4 Å². The molecule has 0 radical (unpaired) electrons. The van der Waals surface area contributed by atoms with Crippen molar-refractivity contribution in [3.63, 3.8) is 0 Å². The third-order valence-corrected chi connectivity index (χ3v) is 5.39. The van der Waals surface area contributed by atoms with Gasteiger partial charge in [-0.1, -0.05) is 48.5 Å². The van der Waals surface area contributed by atoms with E-state index in [9.17, 15) is 13.2 Å². The summed E-state index contributed by atoms with van der Waals surface area (Å²) in [7, 11) is 1.54. The maximum Gasteiger partial charge on any atom is 0.453 e. The number of halogens is 3. The molecule has 35 heavy (non-hydrogen) atoms. The van der Waals surface area contributed by atoms with Gasteiger partial charge in [0.15, 0.2) is 0 Å². The van der Waals surface area contributed by atoms with Crippen LogP contribution in [0.4, 0.5) is 13.2 Å². The maximum atomic E-state index is 13.1. The summed E-state index contributed by atoms with van der Waals surface area (Å²) in [6.45, 7) is 0.190. The predicted octanol–water partition coefficient (Wildman–Crippen LogP) is 6.02. The summed E-state index contributed by atoms with van der Waals surface area (Å²) in [4.78, 5) is 0. The molecule has 0 atom stereocenters. The first-order chi connectivity index (χ1) is 16.8. The zero-order chi connectivity index (χ0) is 24.8. The standard InChI is InChI=1S/C25H21F3N4O2S/c1-33-21-12-11-18(15-29-32-23(25(26,27)28)30-31-24(32)35)14-20(21)16-34-22-10-6-5-9-19(22)13-17-7-3-2-4-8-17/h2-12,14-15H,13,16H2,1H3,(H,31,35)/b29-15-. The van der Waals surface area contributed by atoms with E-state index < -0.39 is 12.0 Å². The first-order valence-electron chi connectivity index (χ1n) is 10.6. The van der Waals surface area contributed by atoms with E-state index in [2.05, 4.69) is 27.4 Å². The van der Waals surface area contributed by atoms with Crippen LogP contribution in [0.1, 0.15) is 28.1 Å². The van der Waals surface area contributed by atoms with Crippen LogP contribution in [-0.2, 0) is 19.2 Å². The Morgan fingerprint density at radius 3 is 2.49 bits per heavy atom. The van der Waals surface area contributed by atoms with Crippen LogP contribution in [0, 0.1) is 4.77 Å². The van der Waals surface area contributed by atoms with Crippen molar-refractivity contribution < 1.29 is 22.6 Å². The number of hydrogen-bond acceptors (Lipinski definition) is 5. The van der Waals surface area contributed by atoms with Gasteiger partial charge in [0, 0.05) is 12.0 Å². The van der Waals surface area contributed by atoms with E-state index in [1.54, 1.807) is 18.2 Å². The van der Waals surface area contributed by atoms with Crippen LogP contribution in [0.3, 0.4) is 0 Å². The second kappa shape index (κ2) is 10.6. The van der Waals surface area contributed by atoms with Crippen LogP contribution >= 0.6 is 12.2 Å². The highest BCUT2D eigenvalue weighted by Gasteiger charge is 2.37. The van der Waals surface area contributed by atoms with Crippen LogP contribution < -0.4 is 9.47 Å². The minimum absolute atomic E-state index is 0.190. The van der Waals surface area contributed by atoms with Crippen LogP contribution in [0.15, 0.2) is 77.9 Å². The van der Waals surface area contributed by atoms with Crippen molar-refractivity contribution in [3.05, 3.63) is 106 Å². The van der Waals surface area contributed by atoms with Crippen LogP contribution in [0.5, 0.6) is 11.5 Å². The first kappa shape index (κ1) is 24.2. The van der Waals surface area contributed by atoms with Gasteiger partial charge in [-0.2, -0.15) is 22.9 Å². The fraction of sp³-hybridized carbons (Fsp3) is 0.160. The van der Waals surface area contributed by atoms with Gasteiger partial charge >= 0.3 is 6.18 Å². The molecule has 0 saturated heterocycles.